The molecule has 0 radical (unpaired) electrons. The molecule has 0 unspecified atom stereocenters. The van der Waals surface area contributed by atoms with Gasteiger partial charge in [0.1, 0.15) is 24.7 Å². The first-order valence-corrected chi connectivity index (χ1v) is 9.76. The zero-order valence-electron chi connectivity index (χ0n) is 15.0. The fourth-order valence-electron chi connectivity index (χ4n) is 2.96. The van der Waals surface area contributed by atoms with Crippen molar-refractivity contribution in [3.05, 3.63) is 75.5 Å². The Labute approximate surface area is 173 Å². The van der Waals surface area contributed by atoms with Crippen LogP contribution in [0.2, 0.25) is 4.47 Å². The SMILES string of the molecule is O=C(COCc1ncccc1F)c1c(O)[n+]2ccccc2n1Cc1cnc(Cl)s1. The van der Waals surface area contributed by atoms with Gasteiger partial charge in [0.15, 0.2) is 4.47 Å². The van der Waals surface area contributed by atoms with Gasteiger partial charge in [0.25, 0.3) is 11.3 Å². The molecule has 0 aliphatic rings. The molecule has 0 saturated heterocycles. The summed E-state index contributed by atoms with van der Waals surface area (Å²) in [6, 6.07) is 8.08. The topological polar surface area (TPSA) is 81.3 Å². The van der Waals surface area contributed by atoms with E-state index in [1.807, 2.05) is 0 Å². The number of fused-ring (bicyclic) bond motifs is 1. The first-order valence-electron chi connectivity index (χ1n) is 8.57. The molecular formula is C19H15ClFN4O3S+. The van der Waals surface area contributed by atoms with Crippen LogP contribution in [-0.2, 0) is 17.9 Å². The number of aromatic hydroxyl groups is 1. The van der Waals surface area contributed by atoms with E-state index in [2.05, 4.69) is 9.97 Å². The van der Waals surface area contributed by atoms with Crippen LogP contribution in [0.3, 0.4) is 0 Å². The molecule has 0 spiro atoms. The van der Waals surface area contributed by atoms with Gasteiger partial charge in [-0.15, -0.1) is 11.3 Å². The van der Waals surface area contributed by atoms with E-state index < -0.39 is 11.6 Å². The predicted molar refractivity (Wildman–Crippen MR) is 104 cm³/mol. The number of thiazole rings is 1. The van der Waals surface area contributed by atoms with Gasteiger partial charge in [-0.05, 0) is 18.2 Å². The monoisotopic (exact) mass is 433 g/mol. The summed E-state index contributed by atoms with van der Waals surface area (Å²) >= 11 is 7.20. The number of carbonyl (C=O) groups is 1. The van der Waals surface area contributed by atoms with Crippen LogP contribution in [0.25, 0.3) is 5.65 Å². The minimum Gasteiger partial charge on any atom is -0.474 e. The number of hydrogen-bond acceptors (Lipinski definition) is 6. The van der Waals surface area contributed by atoms with Crippen molar-refractivity contribution in [3.8, 4) is 5.88 Å². The van der Waals surface area contributed by atoms with Crippen molar-refractivity contribution in [3.63, 3.8) is 0 Å². The normalized spacial score (nSPS) is 11.2. The average Bonchev–Trinajstić information content (AvgIpc) is 3.25. The van der Waals surface area contributed by atoms with E-state index in [0.717, 1.165) is 4.88 Å². The minimum atomic E-state index is -0.505. The zero-order chi connectivity index (χ0) is 20.4. The third-order valence-corrected chi connectivity index (χ3v) is 5.33. The predicted octanol–water partition coefficient (Wildman–Crippen LogP) is 3.02. The van der Waals surface area contributed by atoms with Gasteiger partial charge in [-0.25, -0.2) is 13.9 Å². The Morgan fingerprint density at radius 3 is 2.93 bits per heavy atom. The number of carbonyl (C=O) groups excluding carboxylic acids is 1. The molecular weight excluding hydrogens is 419 g/mol. The molecule has 0 saturated carbocycles. The molecule has 29 heavy (non-hydrogen) atoms. The smallest absolute Gasteiger partial charge is 0.339 e. The molecule has 0 fully saturated rings. The van der Waals surface area contributed by atoms with Crippen LogP contribution in [0.5, 0.6) is 5.88 Å². The quantitative estimate of drug-likeness (QED) is 0.358. The Bertz CT molecular complexity index is 1190. The van der Waals surface area contributed by atoms with E-state index >= 15 is 0 Å². The number of ether oxygens (including phenoxy) is 1. The van der Waals surface area contributed by atoms with Crippen LogP contribution < -0.4 is 4.40 Å². The summed E-state index contributed by atoms with van der Waals surface area (Å²) in [4.78, 5) is 21.6. The second-order valence-electron chi connectivity index (χ2n) is 6.11. The molecule has 0 aromatic carbocycles. The van der Waals surface area contributed by atoms with E-state index in [4.69, 9.17) is 16.3 Å². The summed E-state index contributed by atoms with van der Waals surface area (Å²) in [5.41, 5.74) is 0.814. The molecule has 0 atom stereocenters. The van der Waals surface area contributed by atoms with Crippen LogP contribution >= 0.6 is 22.9 Å². The Balaban J connectivity index is 1.61. The summed E-state index contributed by atoms with van der Waals surface area (Å²) in [7, 11) is 0. The van der Waals surface area contributed by atoms with Gasteiger partial charge >= 0.3 is 5.88 Å². The van der Waals surface area contributed by atoms with E-state index in [1.165, 1.54) is 34.1 Å². The highest BCUT2D eigenvalue weighted by Gasteiger charge is 2.31. The van der Waals surface area contributed by atoms with E-state index in [0.29, 0.717) is 16.7 Å². The molecule has 1 N–H and O–H groups in total. The Morgan fingerprint density at radius 1 is 1.31 bits per heavy atom. The first-order chi connectivity index (χ1) is 14.0. The average molecular weight is 434 g/mol. The molecule has 10 heteroatoms. The van der Waals surface area contributed by atoms with Crippen LogP contribution in [0, 0.1) is 5.82 Å². The van der Waals surface area contributed by atoms with E-state index in [-0.39, 0.29) is 30.5 Å². The van der Waals surface area contributed by atoms with Crippen molar-refractivity contribution in [1.82, 2.24) is 14.5 Å². The number of Topliss-reactive ketones (excluding diaryl/α,β-unsaturated/α-hetero) is 1. The lowest BCUT2D eigenvalue weighted by Crippen LogP contribution is -2.19. The van der Waals surface area contributed by atoms with Crippen molar-refractivity contribution >= 4 is 34.4 Å². The summed E-state index contributed by atoms with van der Waals surface area (Å²) in [6.45, 7) is -0.199. The number of nitrogens with zero attached hydrogens (tertiary/aromatic N) is 4. The summed E-state index contributed by atoms with van der Waals surface area (Å²) in [5.74, 6) is -1.15. The number of halogens is 2. The Kier molecular flexibility index (Phi) is 5.52. The lowest BCUT2D eigenvalue weighted by Gasteiger charge is -2.04. The highest BCUT2D eigenvalue weighted by molar-refractivity contribution is 7.15. The van der Waals surface area contributed by atoms with Crippen molar-refractivity contribution in [2.75, 3.05) is 6.61 Å². The second-order valence-corrected chi connectivity index (χ2v) is 7.81. The molecule has 4 heterocycles. The van der Waals surface area contributed by atoms with Crippen molar-refractivity contribution in [1.29, 1.82) is 0 Å². The molecule has 4 aromatic heterocycles. The van der Waals surface area contributed by atoms with Crippen molar-refractivity contribution in [2.45, 2.75) is 13.2 Å². The number of hydrogen-bond donors (Lipinski definition) is 1. The van der Waals surface area contributed by atoms with Crippen molar-refractivity contribution < 1.29 is 23.4 Å². The first kappa shape index (κ1) is 19.4. The summed E-state index contributed by atoms with van der Waals surface area (Å²) < 4.78 is 22.6. The number of aromatic nitrogens is 4. The lowest BCUT2D eigenvalue weighted by atomic mass is 10.3. The minimum absolute atomic E-state index is 0.0854. The fourth-order valence-corrected chi connectivity index (χ4v) is 3.93. The summed E-state index contributed by atoms with van der Waals surface area (Å²) in [5, 5.41) is 10.6. The third-order valence-electron chi connectivity index (χ3n) is 4.23. The van der Waals surface area contributed by atoms with Crippen LogP contribution in [0.15, 0.2) is 48.9 Å². The second kappa shape index (κ2) is 8.24. The van der Waals surface area contributed by atoms with Gasteiger partial charge in [-0.1, -0.05) is 17.7 Å². The fraction of sp³-hybridized carbons (Fsp3) is 0.158. The number of pyridine rings is 2. The molecule has 0 bridgehead atoms. The largest absolute Gasteiger partial charge is 0.474 e. The van der Waals surface area contributed by atoms with E-state index in [9.17, 15) is 14.3 Å². The zero-order valence-corrected chi connectivity index (χ0v) is 16.5. The maximum absolute atomic E-state index is 13.7. The molecule has 4 aromatic rings. The molecule has 0 amide bonds. The molecule has 4 rings (SSSR count). The van der Waals surface area contributed by atoms with E-state index in [1.54, 1.807) is 35.2 Å². The number of rotatable bonds is 7. The number of imidazole rings is 1. The Hall–Kier alpha value is -2.88. The number of ketones is 1. The van der Waals surface area contributed by atoms with Gasteiger partial charge in [0.2, 0.25) is 5.78 Å². The highest BCUT2D eigenvalue weighted by Crippen LogP contribution is 2.24. The van der Waals surface area contributed by atoms with Crippen LogP contribution in [0.1, 0.15) is 21.1 Å². The maximum atomic E-state index is 13.7. The molecule has 148 valence electrons. The van der Waals surface area contributed by atoms with Gasteiger partial charge in [-0.2, -0.15) is 4.40 Å². The van der Waals surface area contributed by atoms with Gasteiger partial charge in [-0.3, -0.25) is 9.78 Å². The standard InChI is InChI=1S/C19H14ClFN4O3S/c20-19-23-8-12(29-19)9-25-16-5-1-2-7-24(16)18(27)17(25)15(26)11-28-10-14-13(21)4-3-6-22-14/h1-8H,9-11H2/p+1. The molecule has 0 aliphatic heterocycles. The van der Waals surface area contributed by atoms with Gasteiger partial charge in [0, 0.05) is 18.5 Å². The van der Waals surface area contributed by atoms with Crippen molar-refractivity contribution in [2.24, 2.45) is 0 Å². The molecule has 0 aliphatic carbocycles. The Morgan fingerprint density at radius 2 is 2.17 bits per heavy atom. The summed E-state index contributed by atoms with van der Waals surface area (Å²) in [6.07, 6.45) is 4.73. The molecule has 7 nitrogen and oxygen atoms in total. The highest BCUT2D eigenvalue weighted by atomic mass is 35.5. The van der Waals surface area contributed by atoms with Gasteiger partial charge in [0.05, 0.1) is 17.7 Å². The maximum Gasteiger partial charge on any atom is 0.339 e. The van der Waals surface area contributed by atoms with Crippen LogP contribution in [0.4, 0.5) is 4.39 Å². The lowest BCUT2D eigenvalue weighted by molar-refractivity contribution is -0.521. The van der Waals surface area contributed by atoms with Crippen LogP contribution in [-0.4, -0.2) is 32.0 Å². The van der Waals surface area contributed by atoms with Gasteiger partial charge < -0.3 is 9.84 Å². The third kappa shape index (κ3) is 3.98.